The second-order valence-corrected chi connectivity index (χ2v) is 5.13. The molecule has 1 aliphatic carbocycles. The van der Waals surface area contributed by atoms with E-state index in [1.165, 1.54) is 11.1 Å². The highest BCUT2D eigenvalue weighted by Crippen LogP contribution is 2.63. The highest BCUT2D eigenvalue weighted by atomic mass is 14.6. The summed E-state index contributed by atoms with van der Waals surface area (Å²) in [6.45, 7) is 6.49. The molecule has 1 fully saturated rings. The molecule has 1 aromatic rings. The van der Waals surface area contributed by atoms with Crippen LogP contribution >= 0.6 is 0 Å². The topological polar surface area (TPSA) is 23.8 Å². The summed E-state index contributed by atoms with van der Waals surface area (Å²) in [5, 5.41) is 9.32. The summed E-state index contributed by atoms with van der Waals surface area (Å²) >= 11 is 0. The van der Waals surface area contributed by atoms with E-state index in [4.69, 9.17) is 0 Å². The SMILES string of the molecule is CCc1ccc(C2(C#N)CC2(C)C)cc1. The molecule has 1 saturated carbocycles. The summed E-state index contributed by atoms with van der Waals surface area (Å²) in [6.07, 6.45) is 2.05. The summed E-state index contributed by atoms with van der Waals surface area (Å²) in [5.74, 6) is 0. The van der Waals surface area contributed by atoms with Crippen molar-refractivity contribution in [2.45, 2.75) is 39.0 Å². The van der Waals surface area contributed by atoms with Gasteiger partial charge in [0, 0.05) is 0 Å². The number of hydrogen-bond acceptors (Lipinski definition) is 1. The van der Waals surface area contributed by atoms with Gasteiger partial charge in [-0.2, -0.15) is 5.26 Å². The summed E-state index contributed by atoms with van der Waals surface area (Å²) in [4.78, 5) is 0. The number of rotatable bonds is 2. The Labute approximate surface area is 91.7 Å². The summed E-state index contributed by atoms with van der Waals surface area (Å²) < 4.78 is 0. The lowest BCUT2D eigenvalue weighted by Crippen LogP contribution is -2.11. The number of nitrogens with zero attached hydrogens (tertiary/aromatic N) is 1. The van der Waals surface area contributed by atoms with Crippen molar-refractivity contribution in [3.63, 3.8) is 0 Å². The van der Waals surface area contributed by atoms with Crippen LogP contribution < -0.4 is 0 Å². The molecule has 1 heteroatoms. The maximum Gasteiger partial charge on any atom is 0.0879 e. The standard InChI is InChI=1S/C14H17N/c1-4-11-5-7-12(8-6-11)14(10-15)9-13(14,2)3/h5-8H,4,9H2,1-3H3. The zero-order chi connectivity index (χ0) is 11.1. The number of nitriles is 1. The van der Waals surface area contributed by atoms with E-state index in [9.17, 15) is 5.26 Å². The second-order valence-electron chi connectivity index (χ2n) is 5.13. The molecule has 1 aliphatic rings. The lowest BCUT2D eigenvalue weighted by atomic mass is 9.89. The van der Waals surface area contributed by atoms with Crippen molar-refractivity contribution in [2.75, 3.05) is 0 Å². The van der Waals surface area contributed by atoms with E-state index in [1.54, 1.807) is 0 Å². The largest absolute Gasteiger partial charge is 0.197 e. The van der Waals surface area contributed by atoms with E-state index in [0.29, 0.717) is 0 Å². The molecule has 1 aromatic carbocycles. The van der Waals surface area contributed by atoms with Gasteiger partial charge in [0.25, 0.3) is 0 Å². The van der Waals surface area contributed by atoms with E-state index in [1.807, 2.05) is 0 Å². The molecule has 15 heavy (non-hydrogen) atoms. The third-order valence-electron chi connectivity index (χ3n) is 3.78. The van der Waals surface area contributed by atoms with Gasteiger partial charge < -0.3 is 0 Å². The van der Waals surface area contributed by atoms with Gasteiger partial charge in [-0.25, -0.2) is 0 Å². The Kier molecular flexibility index (Phi) is 2.12. The van der Waals surface area contributed by atoms with Crippen molar-refractivity contribution in [2.24, 2.45) is 5.41 Å². The average Bonchev–Trinajstić information content (AvgIpc) is 2.82. The van der Waals surface area contributed by atoms with Crippen LogP contribution in [0.4, 0.5) is 0 Å². The Bertz CT molecular complexity index is 408. The van der Waals surface area contributed by atoms with Crippen molar-refractivity contribution in [1.82, 2.24) is 0 Å². The maximum atomic E-state index is 9.32. The van der Waals surface area contributed by atoms with Gasteiger partial charge in [0.05, 0.1) is 11.5 Å². The summed E-state index contributed by atoms with van der Waals surface area (Å²) in [6, 6.07) is 11.0. The van der Waals surface area contributed by atoms with Crippen LogP contribution in [-0.4, -0.2) is 0 Å². The molecule has 0 heterocycles. The van der Waals surface area contributed by atoms with Crippen molar-refractivity contribution in [1.29, 1.82) is 5.26 Å². The normalized spacial score (nSPS) is 27.1. The van der Waals surface area contributed by atoms with Crippen LogP contribution in [0.2, 0.25) is 0 Å². The maximum absolute atomic E-state index is 9.32. The zero-order valence-electron chi connectivity index (χ0n) is 9.67. The van der Waals surface area contributed by atoms with Crippen LogP contribution in [0.15, 0.2) is 24.3 Å². The molecular weight excluding hydrogens is 182 g/mol. The molecule has 0 aromatic heterocycles. The minimum atomic E-state index is -0.223. The predicted octanol–water partition coefficient (Wildman–Crippen LogP) is 3.44. The van der Waals surface area contributed by atoms with Gasteiger partial charge in [0.1, 0.15) is 0 Å². The van der Waals surface area contributed by atoms with Crippen molar-refractivity contribution >= 4 is 0 Å². The number of benzene rings is 1. The first-order valence-corrected chi connectivity index (χ1v) is 5.56. The van der Waals surface area contributed by atoms with Gasteiger partial charge in [-0.3, -0.25) is 0 Å². The van der Waals surface area contributed by atoms with Gasteiger partial charge >= 0.3 is 0 Å². The molecule has 0 radical (unpaired) electrons. The van der Waals surface area contributed by atoms with Gasteiger partial charge in [0.15, 0.2) is 0 Å². The molecule has 0 saturated heterocycles. The van der Waals surface area contributed by atoms with Crippen LogP contribution in [-0.2, 0) is 11.8 Å². The van der Waals surface area contributed by atoms with Crippen molar-refractivity contribution < 1.29 is 0 Å². The second kappa shape index (κ2) is 3.10. The Morgan fingerprint density at radius 3 is 2.13 bits per heavy atom. The van der Waals surface area contributed by atoms with Crippen molar-refractivity contribution in [3.8, 4) is 6.07 Å². The van der Waals surface area contributed by atoms with E-state index >= 15 is 0 Å². The van der Waals surface area contributed by atoms with Crippen LogP contribution in [0.5, 0.6) is 0 Å². The van der Waals surface area contributed by atoms with Crippen molar-refractivity contribution in [3.05, 3.63) is 35.4 Å². The predicted molar refractivity (Wildman–Crippen MR) is 61.5 cm³/mol. The fourth-order valence-corrected chi connectivity index (χ4v) is 2.39. The van der Waals surface area contributed by atoms with Crippen LogP contribution in [0, 0.1) is 16.7 Å². The van der Waals surface area contributed by atoms with Gasteiger partial charge in [-0.05, 0) is 29.4 Å². The van der Waals surface area contributed by atoms with Gasteiger partial charge in [-0.1, -0.05) is 45.0 Å². The molecule has 0 bridgehead atoms. The quantitative estimate of drug-likeness (QED) is 0.715. The van der Waals surface area contributed by atoms with E-state index in [0.717, 1.165) is 12.8 Å². The Hall–Kier alpha value is -1.29. The summed E-state index contributed by atoms with van der Waals surface area (Å²) in [7, 11) is 0. The first-order chi connectivity index (χ1) is 7.05. The summed E-state index contributed by atoms with van der Waals surface area (Å²) in [5.41, 5.74) is 2.45. The minimum Gasteiger partial charge on any atom is -0.197 e. The first kappa shape index (κ1) is 10.2. The highest BCUT2D eigenvalue weighted by Gasteiger charge is 2.62. The molecule has 0 N–H and O–H groups in total. The minimum absolute atomic E-state index is 0.148. The van der Waals surface area contributed by atoms with Crippen LogP contribution in [0.3, 0.4) is 0 Å². The lowest BCUT2D eigenvalue weighted by Gasteiger charge is -2.12. The molecule has 1 atom stereocenters. The van der Waals surface area contributed by atoms with Gasteiger partial charge in [-0.15, -0.1) is 0 Å². The third kappa shape index (κ3) is 1.36. The van der Waals surface area contributed by atoms with E-state index in [2.05, 4.69) is 51.1 Å². The molecule has 1 unspecified atom stereocenters. The molecule has 1 nitrogen and oxygen atoms in total. The van der Waals surface area contributed by atoms with E-state index < -0.39 is 0 Å². The monoisotopic (exact) mass is 199 g/mol. The Morgan fingerprint density at radius 2 is 1.80 bits per heavy atom. The fourth-order valence-electron chi connectivity index (χ4n) is 2.39. The molecular formula is C14H17N. The molecule has 0 spiro atoms. The fraction of sp³-hybridized carbons (Fsp3) is 0.500. The third-order valence-corrected chi connectivity index (χ3v) is 3.78. The highest BCUT2D eigenvalue weighted by molar-refractivity contribution is 5.45. The molecule has 78 valence electrons. The molecule has 0 aliphatic heterocycles. The number of aryl methyl sites for hydroxylation is 1. The zero-order valence-corrected chi connectivity index (χ0v) is 9.67. The number of hydrogen-bond donors (Lipinski definition) is 0. The van der Waals surface area contributed by atoms with Gasteiger partial charge in [0.2, 0.25) is 0 Å². The van der Waals surface area contributed by atoms with Crippen LogP contribution in [0.1, 0.15) is 38.3 Å². The lowest BCUT2D eigenvalue weighted by molar-refractivity contribution is 0.570. The first-order valence-electron chi connectivity index (χ1n) is 5.56. The van der Waals surface area contributed by atoms with E-state index in [-0.39, 0.29) is 10.8 Å². The Morgan fingerprint density at radius 1 is 1.27 bits per heavy atom. The molecule has 0 amide bonds. The smallest absolute Gasteiger partial charge is 0.0879 e. The van der Waals surface area contributed by atoms with Crippen LogP contribution in [0.25, 0.3) is 0 Å². The Balaban J connectivity index is 2.36. The average molecular weight is 199 g/mol. The molecule has 2 rings (SSSR count).